The van der Waals surface area contributed by atoms with Crippen molar-refractivity contribution < 1.29 is 0 Å². The quantitative estimate of drug-likeness (QED) is 0.594. The number of rotatable bonds is 2. The summed E-state index contributed by atoms with van der Waals surface area (Å²) in [5.41, 5.74) is 8.10. The van der Waals surface area contributed by atoms with Crippen LogP contribution in [0.25, 0.3) is 0 Å². The van der Waals surface area contributed by atoms with E-state index in [9.17, 15) is 0 Å². The van der Waals surface area contributed by atoms with E-state index in [-0.39, 0.29) is 4.95 Å². The van der Waals surface area contributed by atoms with Gasteiger partial charge in [0.25, 0.3) is 0 Å². The van der Waals surface area contributed by atoms with Crippen LogP contribution in [0, 0.1) is 0 Å². The van der Waals surface area contributed by atoms with Gasteiger partial charge in [0, 0.05) is 0 Å². The van der Waals surface area contributed by atoms with Gasteiger partial charge in [-0.15, -0.1) is 0 Å². The minimum absolute atomic E-state index is 0.0339. The lowest BCUT2D eigenvalue weighted by molar-refractivity contribution is 1.04. The maximum atomic E-state index is 5.62. The van der Waals surface area contributed by atoms with Crippen LogP contribution in [0.2, 0.25) is 0 Å². The van der Waals surface area contributed by atoms with Crippen molar-refractivity contribution in [1.82, 2.24) is 0 Å². The van der Waals surface area contributed by atoms with Crippen molar-refractivity contribution in [3.05, 3.63) is 35.4 Å². The second-order valence-electron chi connectivity index (χ2n) is 2.50. The molecule has 60 valence electrons. The zero-order chi connectivity index (χ0) is 8.27. The third-order valence-corrected chi connectivity index (χ3v) is 2.24. The second-order valence-corrected chi connectivity index (χ2v) is 3.48. The summed E-state index contributed by atoms with van der Waals surface area (Å²) in [7, 11) is 0. The van der Waals surface area contributed by atoms with Gasteiger partial charge < -0.3 is 5.73 Å². The largest absolute Gasteiger partial charge is 0.315 e. The van der Waals surface area contributed by atoms with E-state index in [2.05, 4.69) is 47.1 Å². The Hall–Kier alpha value is -0.340. The zero-order valence-electron chi connectivity index (χ0n) is 6.55. The molecule has 2 N–H and O–H groups in total. The summed E-state index contributed by atoms with van der Waals surface area (Å²) >= 11 is 3.31. The van der Waals surface area contributed by atoms with E-state index in [0.29, 0.717) is 0 Å². The van der Waals surface area contributed by atoms with Crippen molar-refractivity contribution in [1.29, 1.82) is 0 Å². The smallest absolute Gasteiger partial charge is 0.0861 e. The third-order valence-electron chi connectivity index (χ3n) is 1.71. The first-order chi connectivity index (χ1) is 5.24. The fourth-order valence-electron chi connectivity index (χ4n) is 0.937. The van der Waals surface area contributed by atoms with Crippen LogP contribution in [0.4, 0.5) is 0 Å². The van der Waals surface area contributed by atoms with Crippen molar-refractivity contribution >= 4 is 15.9 Å². The molecule has 1 aromatic carbocycles. The number of alkyl halides is 1. The first-order valence-electron chi connectivity index (χ1n) is 3.72. The number of hydrogen-bond acceptors (Lipinski definition) is 1. The van der Waals surface area contributed by atoms with Gasteiger partial charge in [0.1, 0.15) is 0 Å². The first kappa shape index (κ1) is 8.75. The Bertz CT molecular complexity index is 216. The lowest BCUT2D eigenvalue weighted by Gasteiger charge is -2.03. The molecule has 0 saturated heterocycles. The van der Waals surface area contributed by atoms with E-state index in [0.717, 1.165) is 12.0 Å². The molecule has 0 saturated carbocycles. The highest BCUT2D eigenvalue weighted by atomic mass is 79.9. The van der Waals surface area contributed by atoms with Gasteiger partial charge in [-0.05, 0) is 17.5 Å². The lowest BCUT2D eigenvalue weighted by atomic mass is 10.1. The van der Waals surface area contributed by atoms with Crippen molar-refractivity contribution in [3.63, 3.8) is 0 Å². The normalized spacial score (nSPS) is 13.0. The Morgan fingerprint density at radius 2 is 1.91 bits per heavy atom. The Balaban J connectivity index is 2.83. The summed E-state index contributed by atoms with van der Waals surface area (Å²) in [6, 6.07) is 8.32. The SMILES string of the molecule is CCc1ccc(C(N)Br)cc1. The van der Waals surface area contributed by atoms with E-state index in [1.807, 2.05) is 0 Å². The van der Waals surface area contributed by atoms with Crippen LogP contribution in [-0.2, 0) is 6.42 Å². The molecule has 0 amide bonds. The summed E-state index contributed by atoms with van der Waals surface area (Å²) in [6.07, 6.45) is 1.08. The monoisotopic (exact) mass is 213 g/mol. The van der Waals surface area contributed by atoms with Crippen LogP contribution in [0.3, 0.4) is 0 Å². The molecule has 0 aliphatic rings. The van der Waals surface area contributed by atoms with Gasteiger partial charge in [0.05, 0.1) is 4.95 Å². The average molecular weight is 214 g/mol. The number of halogens is 1. The van der Waals surface area contributed by atoms with Crippen LogP contribution in [-0.4, -0.2) is 0 Å². The van der Waals surface area contributed by atoms with Crippen LogP contribution in [0.1, 0.15) is 23.0 Å². The van der Waals surface area contributed by atoms with Gasteiger partial charge in [-0.25, -0.2) is 0 Å². The molecule has 1 atom stereocenters. The molecule has 1 rings (SSSR count). The molecule has 0 aliphatic carbocycles. The van der Waals surface area contributed by atoms with Crippen molar-refractivity contribution in [2.75, 3.05) is 0 Å². The molecule has 0 radical (unpaired) electrons. The minimum Gasteiger partial charge on any atom is -0.315 e. The predicted octanol–water partition coefficient (Wildman–Crippen LogP) is 2.60. The van der Waals surface area contributed by atoms with Crippen molar-refractivity contribution in [2.24, 2.45) is 5.73 Å². The van der Waals surface area contributed by atoms with Crippen LogP contribution >= 0.6 is 15.9 Å². The molecule has 0 heterocycles. The summed E-state index contributed by atoms with van der Waals surface area (Å²) in [5, 5.41) is 0. The van der Waals surface area contributed by atoms with Gasteiger partial charge >= 0.3 is 0 Å². The molecule has 1 aromatic rings. The predicted molar refractivity (Wildman–Crippen MR) is 51.7 cm³/mol. The van der Waals surface area contributed by atoms with Crippen LogP contribution in [0.5, 0.6) is 0 Å². The second kappa shape index (κ2) is 3.88. The Kier molecular flexibility index (Phi) is 3.09. The standard InChI is InChI=1S/C9H12BrN/c1-2-7-3-5-8(6-4-7)9(10)11/h3-6,9H,2,11H2,1H3. The van der Waals surface area contributed by atoms with Crippen LogP contribution < -0.4 is 5.73 Å². The lowest BCUT2D eigenvalue weighted by Crippen LogP contribution is -2.00. The molecule has 2 heteroatoms. The highest BCUT2D eigenvalue weighted by molar-refractivity contribution is 9.09. The number of hydrogen-bond donors (Lipinski definition) is 1. The summed E-state index contributed by atoms with van der Waals surface area (Å²) < 4.78 is 0. The van der Waals surface area contributed by atoms with Crippen LogP contribution in [0.15, 0.2) is 24.3 Å². The van der Waals surface area contributed by atoms with Gasteiger partial charge in [0.2, 0.25) is 0 Å². The van der Waals surface area contributed by atoms with E-state index < -0.39 is 0 Å². The third kappa shape index (κ3) is 2.31. The Morgan fingerprint density at radius 1 is 1.36 bits per heavy atom. The van der Waals surface area contributed by atoms with Gasteiger partial charge in [-0.3, -0.25) is 0 Å². The van der Waals surface area contributed by atoms with E-state index in [1.54, 1.807) is 0 Å². The summed E-state index contributed by atoms with van der Waals surface area (Å²) in [4.78, 5) is -0.0339. The molecular formula is C9H12BrN. The topological polar surface area (TPSA) is 26.0 Å². The number of aryl methyl sites for hydroxylation is 1. The fourth-order valence-corrected chi connectivity index (χ4v) is 1.24. The molecule has 0 spiro atoms. The molecule has 0 aromatic heterocycles. The molecular weight excluding hydrogens is 202 g/mol. The zero-order valence-corrected chi connectivity index (χ0v) is 8.14. The maximum absolute atomic E-state index is 5.62. The highest BCUT2D eigenvalue weighted by Gasteiger charge is 1.98. The van der Waals surface area contributed by atoms with E-state index in [1.165, 1.54) is 5.56 Å². The molecule has 0 fully saturated rings. The van der Waals surface area contributed by atoms with Gasteiger partial charge in [0.15, 0.2) is 0 Å². The molecule has 0 aliphatic heterocycles. The Morgan fingerprint density at radius 3 is 2.27 bits per heavy atom. The molecule has 11 heavy (non-hydrogen) atoms. The van der Waals surface area contributed by atoms with Crippen molar-refractivity contribution in [2.45, 2.75) is 18.3 Å². The van der Waals surface area contributed by atoms with Gasteiger partial charge in [-0.2, -0.15) is 0 Å². The summed E-state index contributed by atoms with van der Waals surface area (Å²) in [5.74, 6) is 0. The fraction of sp³-hybridized carbons (Fsp3) is 0.333. The average Bonchev–Trinajstić information content (AvgIpc) is 2.05. The minimum atomic E-state index is -0.0339. The van der Waals surface area contributed by atoms with Gasteiger partial charge in [-0.1, -0.05) is 47.1 Å². The van der Waals surface area contributed by atoms with E-state index >= 15 is 0 Å². The molecule has 1 unspecified atom stereocenters. The summed E-state index contributed by atoms with van der Waals surface area (Å²) in [6.45, 7) is 2.14. The maximum Gasteiger partial charge on any atom is 0.0861 e. The van der Waals surface area contributed by atoms with Crippen molar-refractivity contribution in [3.8, 4) is 0 Å². The Labute approximate surface area is 75.7 Å². The first-order valence-corrected chi connectivity index (χ1v) is 4.64. The molecule has 1 nitrogen and oxygen atoms in total. The number of benzene rings is 1. The van der Waals surface area contributed by atoms with E-state index in [4.69, 9.17) is 5.73 Å². The number of nitrogens with two attached hydrogens (primary N) is 1. The highest BCUT2D eigenvalue weighted by Crippen LogP contribution is 2.16. The molecule has 0 bridgehead atoms.